The van der Waals surface area contributed by atoms with Crippen LogP contribution in [-0.4, -0.2) is 49.3 Å². The number of unbranched alkanes of at least 4 members (excludes halogenated alkanes) is 1. The smallest absolute Gasteiger partial charge is 0.128 e. The Bertz CT molecular complexity index is 485. The van der Waals surface area contributed by atoms with Gasteiger partial charge < -0.3 is 9.64 Å². The van der Waals surface area contributed by atoms with E-state index in [-0.39, 0.29) is 0 Å². The third-order valence-electron chi connectivity index (χ3n) is 4.99. The molecular formula is C18H29N3O. The Hall–Kier alpha value is -1.13. The fourth-order valence-electron chi connectivity index (χ4n) is 3.67. The Balaban J connectivity index is 1.73. The van der Waals surface area contributed by atoms with Gasteiger partial charge in [0.15, 0.2) is 0 Å². The third-order valence-corrected chi connectivity index (χ3v) is 4.99. The lowest BCUT2D eigenvalue weighted by molar-refractivity contribution is 0.122. The average Bonchev–Trinajstić information content (AvgIpc) is 3.02. The number of ether oxygens (including phenoxy) is 1. The highest BCUT2D eigenvalue weighted by Crippen LogP contribution is 2.34. The first-order valence-corrected chi connectivity index (χ1v) is 8.83. The molecule has 0 radical (unpaired) electrons. The summed E-state index contributed by atoms with van der Waals surface area (Å²) in [6.07, 6.45) is 7.31. The molecule has 2 fully saturated rings. The van der Waals surface area contributed by atoms with Crippen LogP contribution >= 0.6 is 0 Å². The monoisotopic (exact) mass is 303 g/mol. The molecule has 2 aliphatic rings. The molecule has 122 valence electrons. The molecule has 1 atom stereocenters. The first kappa shape index (κ1) is 15.8. The van der Waals surface area contributed by atoms with Crippen LogP contribution in [0.3, 0.4) is 0 Å². The molecule has 3 heterocycles. The summed E-state index contributed by atoms with van der Waals surface area (Å²) in [6, 6.07) is 2.86. The van der Waals surface area contributed by atoms with Crippen molar-refractivity contribution < 1.29 is 4.74 Å². The van der Waals surface area contributed by atoms with E-state index >= 15 is 0 Å². The van der Waals surface area contributed by atoms with Gasteiger partial charge >= 0.3 is 0 Å². The van der Waals surface area contributed by atoms with Gasteiger partial charge in [-0.1, -0.05) is 13.3 Å². The molecule has 0 aromatic carbocycles. The Kier molecular flexibility index (Phi) is 5.32. The average molecular weight is 303 g/mol. The highest BCUT2D eigenvalue weighted by molar-refractivity contribution is 5.44. The van der Waals surface area contributed by atoms with Gasteiger partial charge in [-0.25, -0.2) is 4.98 Å². The maximum atomic E-state index is 5.43. The van der Waals surface area contributed by atoms with Gasteiger partial charge in [0.25, 0.3) is 0 Å². The lowest BCUT2D eigenvalue weighted by atomic mass is 10.0. The van der Waals surface area contributed by atoms with Crippen molar-refractivity contribution in [3.05, 3.63) is 23.4 Å². The number of morpholine rings is 1. The SMILES string of the molecule is CCCCN1CCC[C@@H]1c1cnc(N2CCOCC2)cc1C. The van der Waals surface area contributed by atoms with Gasteiger partial charge in [0.1, 0.15) is 5.82 Å². The lowest BCUT2D eigenvalue weighted by Crippen LogP contribution is -2.36. The normalized spacial score (nSPS) is 23.2. The van der Waals surface area contributed by atoms with Gasteiger partial charge in [-0.05, 0) is 56.5 Å². The van der Waals surface area contributed by atoms with Crippen molar-refractivity contribution in [3.63, 3.8) is 0 Å². The van der Waals surface area contributed by atoms with Crippen molar-refractivity contribution in [2.24, 2.45) is 0 Å². The summed E-state index contributed by atoms with van der Waals surface area (Å²) < 4.78 is 5.43. The van der Waals surface area contributed by atoms with Crippen molar-refractivity contribution >= 4 is 5.82 Å². The molecule has 4 nitrogen and oxygen atoms in total. The minimum Gasteiger partial charge on any atom is -0.378 e. The van der Waals surface area contributed by atoms with Crippen molar-refractivity contribution in [1.82, 2.24) is 9.88 Å². The first-order valence-electron chi connectivity index (χ1n) is 8.83. The standard InChI is InChI=1S/C18H29N3O/c1-3-4-7-20-8-5-6-17(20)16-14-19-18(13-15(16)2)21-9-11-22-12-10-21/h13-14,17H,3-12H2,1-2H3/t17-/m1/s1. The predicted octanol–water partition coefficient (Wildman–Crippen LogP) is 3.16. The van der Waals surface area contributed by atoms with Crippen molar-refractivity contribution in [2.75, 3.05) is 44.3 Å². The van der Waals surface area contributed by atoms with Crippen LogP contribution in [0.5, 0.6) is 0 Å². The maximum absolute atomic E-state index is 5.43. The molecule has 2 saturated heterocycles. The zero-order chi connectivity index (χ0) is 15.4. The van der Waals surface area contributed by atoms with Crippen LogP contribution in [0.2, 0.25) is 0 Å². The highest BCUT2D eigenvalue weighted by atomic mass is 16.5. The van der Waals surface area contributed by atoms with Crippen LogP contribution in [0.4, 0.5) is 5.82 Å². The molecule has 0 saturated carbocycles. The van der Waals surface area contributed by atoms with E-state index < -0.39 is 0 Å². The van der Waals surface area contributed by atoms with E-state index in [0.29, 0.717) is 6.04 Å². The predicted molar refractivity (Wildman–Crippen MR) is 90.5 cm³/mol. The van der Waals surface area contributed by atoms with E-state index in [2.05, 4.69) is 35.9 Å². The van der Waals surface area contributed by atoms with E-state index in [0.717, 1.165) is 32.1 Å². The molecule has 4 heteroatoms. The molecule has 0 N–H and O–H groups in total. The number of hydrogen-bond acceptors (Lipinski definition) is 4. The van der Waals surface area contributed by atoms with Gasteiger partial charge in [-0.3, -0.25) is 4.90 Å². The van der Waals surface area contributed by atoms with Gasteiger partial charge in [0.05, 0.1) is 13.2 Å². The summed E-state index contributed by atoms with van der Waals surface area (Å²) in [5.74, 6) is 1.11. The number of hydrogen-bond donors (Lipinski definition) is 0. The molecule has 1 aromatic rings. The van der Waals surface area contributed by atoms with E-state index in [1.165, 1.54) is 49.9 Å². The summed E-state index contributed by atoms with van der Waals surface area (Å²) in [5, 5.41) is 0. The van der Waals surface area contributed by atoms with Crippen LogP contribution in [0, 0.1) is 6.92 Å². The molecule has 3 rings (SSSR count). The molecule has 0 unspecified atom stereocenters. The molecular weight excluding hydrogens is 274 g/mol. The van der Waals surface area contributed by atoms with Crippen LogP contribution in [-0.2, 0) is 4.74 Å². The van der Waals surface area contributed by atoms with E-state index in [4.69, 9.17) is 9.72 Å². The van der Waals surface area contributed by atoms with E-state index in [1.807, 2.05) is 0 Å². The summed E-state index contributed by atoms with van der Waals surface area (Å²) in [7, 11) is 0. The Labute approximate surface area is 134 Å². The third kappa shape index (κ3) is 3.44. The number of rotatable bonds is 5. The number of aromatic nitrogens is 1. The minimum atomic E-state index is 0.581. The van der Waals surface area contributed by atoms with Crippen molar-refractivity contribution in [2.45, 2.75) is 45.6 Å². The molecule has 0 amide bonds. The van der Waals surface area contributed by atoms with Gasteiger partial charge in [0, 0.05) is 25.3 Å². The molecule has 1 aromatic heterocycles. The Morgan fingerprint density at radius 1 is 1.27 bits per heavy atom. The summed E-state index contributed by atoms with van der Waals surface area (Å²) in [5.41, 5.74) is 2.83. The second-order valence-corrected chi connectivity index (χ2v) is 6.55. The maximum Gasteiger partial charge on any atom is 0.128 e. The fraction of sp³-hybridized carbons (Fsp3) is 0.722. The number of aryl methyl sites for hydroxylation is 1. The van der Waals surface area contributed by atoms with Gasteiger partial charge in [0.2, 0.25) is 0 Å². The van der Waals surface area contributed by atoms with Gasteiger partial charge in [-0.2, -0.15) is 0 Å². The second-order valence-electron chi connectivity index (χ2n) is 6.55. The van der Waals surface area contributed by atoms with Crippen LogP contribution in [0.1, 0.15) is 49.8 Å². The molecule has 0 aliphatic carbocycles. The zero-order valence-corrected chi connectivity index (χ0v) is 14.1. The number of likely N-dealkylation sites (tertiary alicyclic amines) is 1. The lowest BCUT2D eigenvalue weighted by Gasteiger charge is -2.30. The summed E-state index contributed by atoms with van der Waals surface area (Å²) in [6.45, 7) is 10.5. The molecule has 0 spiro atoms. The Morgan fingerprint density at radius 2 is 2.09 bits per heavy atom. The Morgan fingerprint density at radius 3 is 2.82 bits per heavy atom. The van der Waals surface area contributed by atoms with Crippen molar-refractivity contribution in [1.29, 1.82) is 0 Å². The highest BCUT2D eigenvalue weighted by Gasteiger charge is 2.27. The number of nitrogens with zero attached hydrogens (tertiary/aromatic N) is 3. The second kappa shape index (κ2) is 7.42. The minimum absolute atomic E-state index is 0.581. The zero-order valence-electron chi connectivity index (χ0n) is 14.1. The largest absolute Gasteiger partial charge is 0.378 e. The van der Waals surface area contributed by atoms with E-state index in [9.17, 15) is 0 Å². The van der Waals surface area contributed by atoms with Gasteiger partial charge in [-0.15, -0.1) is 0 Å². The van der Waals surface area contributed by atoms with Crippen LogP contribution in [0.15, 0.2) is 12.3 Å². The number of anilines is 1. The summed E-state index contributed by atoms with van der Waals surface area (Å²) in [4.78, 5) is 9.76. The van der Waals surface area contributed by atoms with Crippen LogP contribution in [0.25, 0.3) is 0 Å². The first-order chi connectivity index (χ1) is 10.8. The van der Waals surface area contributed by atoms with Crippen LogP contribution < -0.4 is 4.90 Å². The molecule has 0 bridgehead atoms. The number of pyridine rings is 1. The fourth-order valence-corrected chi connectivity index (χ4v) is 3.67. The summed E-state index contributed by atoms with van der Waals surface area (Å²) >= 11 is 0. The molecule has 2 aliphatic heterocycles. The quantitative estimate of drug-likeness (QED) is 0.835. The van der Waals surface area contributed by atoms with E-state index in [1.54, 1.807) is 0 Å². The topological polar surface area (TPSA) is 28.6 Å². The molecule has 22 heavy (non-hydrogen) atoms. The van der Waals surface area contributed by atoms with Crippen molar-refractivity contribution in [3.8, 4) is 0 Å².